The number of aromatic nitrogens is 2. The lowest BCUT2D eigenvalue weighted by molar-refractivity contribution is -0.0314. The van der Waals surface area contributed by atoms with Crippen molar-refractivity contribution >= 4 is 0 Å². The normalized spacial score (nSPS) is 21.9. The number of nitrogens with one attached hydrogen (secondary N) is 1. The number of likely N-dealkylation sites (N-methyl/N-ethyl adjacent to an activating group) is 1. The minimum Gasteiger partial charge on any atom is -0.424 e. The van der Waals surface area contributed by atoms with Gasteiger partial charge in [-0.05, 0) is 7.05 Å². The predicted molar refractivity (Wildman–Crippen MR) is 62.6 cm³/mol. The van der Waals surface area contributed by atoms with Crippen LogP contribution in [0, 0.1) is 0 Å². The predicted octanol–water partition coefficient (Wildman–Crippen LogP) is 0.0522. The Balaban J connectivity index is 1.85. The van der Waals surface area contributed by atoms with Gasteiger partial charge in [-0.25, -0.2) is 0 Å². The number of ether oxygens (including phenoxy) is 1. The molecule has 1 saturated heterocycles. The Kier molecular flexibility index (Phi) is 4.47. The molecule has 0 spiro atoms. The Morgan fingerprint density at radius 2 is 2.24 bits per heavy atom. The molecule has 1 aromatic rings. The SMILES string of the molecule is CCc1nnc(CN2CCOC(CNC)C2)o1. The summed E-state index contributed by atoms with van der Waals surface area (Å²) in [6, 6.07) is 0. The van der Waals surface area contributed by atoms with E-state index >= 15 is 0 Å². The minimum atomic E-state index is 0.252. The lowest BCUT2D eigenvalue weighted by Gasteiger charge is -2.31. The number of aryl methyl sites for hydroxylation is 1. The summed E-state index contributed by atoms with van der Waals surface area (Å²) < 4.78 is 11.2. The summed E-state index contributed by atoms with van der Waals surface area (Å²) in [6.45, 7) is 6.20. The monoisotopic (exact) mass is 240 g/mol. The molecule has 1 unspecified atom stereocenters. The standard InChI is InChI=1S/C11H20N4O2/c1-3-10-13-14-11(17-10)8-15-4-5-16-9(7-15)6-12-2/h9,12H,3-8H2,1-2H3. The number of hydrogen-bond acceptors (Lipinski definition) is 6. The molecule has 0 radical (unpaired) electrons. The highest BCUT2D eigenvalue weighted by atomic mass is 16.5. The molecule has 17 heavy (non-hydrogen) atoms. The van der Waals surface area contributed by atoms with Gasteiger partial charge in [-0.15, -0.1) is 10.2 Å². The average molecular weight is 240 g/mol. The Hall–Kier alpha value is -0.980. The van der Waals surface area contributed by atoms with Gasteiger partial charge in [-0.1, -0.05) is 6.92 Å². The average Bonchev–Trinajstić information content (AvgIpc) is 2.78. The molecule has 1 aliphatic heterocycles. The summed E-state index contributed by atoms with van der Waals surface area (Å²) in [5.41, 5.74) is 0. The second-order valence-corrected chi connectivity index (χ2v) is 4.23. The van der Waals surface area contributed by atoms with Gasteiger partial charge in [0.15, 0.2) is 0 Å². The first kappa shape index (κ1) is 12.5. The smallest absolute Gasteiger partial charge is 0.230 e. The summed E-state index contributed by atoms with van der Waals surface area (Å²) in [4.78, 5) is 2.29. The number of nitrogens with zero attached hydrogens (tertiary/aromatic N) is 3. The summed E-state index contributed by atoms with van der Waals surface area (Å²) in [7, 11) is 1.94. The van der Waals surface area contributed by atoms with Crippen LogP contribution in [0.5, 0.6) is 0 Å². The summed E-state index contributed by atoms with van der Waals surface area (Å²) >= 11 is 0. The van der Waals surface area contributed by atoms with Crippen LogP contribution in [0.15, 0.2) is 4.42 Å². The fourth-order valence-electron chi connectivity index (χ4n) is 1.96. The molecule has 0 amide bonds. The maximum Gasteiger partial charge on any atom is 0.230 e. The van der Waals surface area contributed by atoms with Crippen molar-refractivity contribution in [1.29, 1.82) is 0 Å². The molecule has 0 aliphatic carbocycles. The molecule has 2 heterocycles. The van der Waals surface area contributed by atoms with E-state index in [-0.39, 0.29) is 6.10 Å². The van der Waals surface area contributed by atoms with Gasteiger partial charge in [-0.2, -0.15) is 0 Å². The third-order valence-electron chi connectivity index (χ3n) is 2.82. The van der Waals surface area contributed by atoms with E-state index in [4.69, 9.17) is 9.15 Å². The zero-order valence-corrected chi connectivity index (χ0v) is 10.5. The highest BCUT2D eigenvalue weighted by Crippen LogP contribution is 2.09. The zero-order chi connectivity index (χ0) is 12.1. The first-order chi connectivity index (χ1) is 8.31. The quantitative estimate of drug-likeness (QED) is 0.785. The van der Waals surface area contributed by atoms with E-state index in [1.165, 1.54) is 0 Å². The molecule has 1 fully saturated rings. The van der Waals surface area contributed by atoms with E-state index in [2.05, 4.69) is 20.4 Å². The molecule has 1 atom stereocenters. The molecule has 6 heteroatoms. The Morgan fingerprint density at radius 1 is 1.41 bits per heavy atom. The van der Waals surface area contributed by atoms with Gasteiger partial charge < -0.3 is 14.5 Å². The van der Waals surface area contributed by atoms with Gasteiger partial charge in [0.2, 0.25) is 11.8 Å². The first-order valence-corrected chi connectivity index (χ1v) is 6.11. The van der Waals surface area contributed by atoms with E-state index < -0.39 is 0 Å². The molecule has 2 rings (SSSR count). The second-order valence-electron chi connectivity index (χ2n) is 4.23. The third kappa shape index (κ3) is 3.49. The molecule has 0 aromatic carbocycles. The summed E-state index contributed by atoms with van der Waals surface area (Å²) in [5.74, 6) is 1.41. The van der Waals surface area contributed by atoms with E-state index in [1.807, 2.05) is 14.0 Å². The molecule has 1 N–H and O–H groups in total. The second kappa shape index (κ2) is 6.09. The highest BCUT2D eigenvalue weighted by molar-refractivity contribution is 4.83. The lowest BCUT2D eigenvalue weighted by Crippen LogP contribution is -2.45. The van der Waals surface area contributed by atoms with Crippen LogP contribution < -0.4 is 5.32 Å². The number of hydrogen-bond donors (Lipinski definition) is 1. The molecule has 0 bridgehead atoms. The topological polar surface area (TPSA) is 63.4 Å². The molecule has 0 saturated carbocycles. The van der Waals surface area contributed by atoms with Gasteiger partial charge >= 0.3 is 0 Å². The van der Waals surface area contributed by atoms with Crippen molar-refractivity contribution in [3.63, 3.8) is 0 Å². The third-order valence-corrected chi connectivity index (χ3v) is 2.82. The van der Waals surface area contributed by atoms with E-state index in [0.29, 0.717) is 11.8 Å². The molecule has 1 aromatic heterocycles. The van der Waals surface area contributed by atoms with Crippen molar-refractivity contribution in [2.75, 3.05) is 33.3 Å². The van der Waals surface area contributed by atoms with Crippen LogP contribution in [0.1, 0.15) is 18.7 Å². The minimum absolute atomic E-state index is 0.252. The van der Waals surface area contributed by atoms with Gasteiger partial charge in [0, 0.05) is 26.1 Å². The fourth-order valence-corrected chi connectivity index (χ4v) is 1.96. The molecule has 1 aliphatic rings. The molecule has 6 nitrogen and oxygen atoms in total. The van der Waals surface area contributed by atoms with Gasteiger partial charge in [0.25, 0.3) is 0 Å². The van der Waals surface area contributed by atoms with E-state index in [1.54, 1.807) is 0 Å². The molecule has 96 valence electrons. The lowest BCUT2D eigenvalue weighted by atomic mass is 10.2. The van der Waals surface area contributed by atoms with Crippen molar-refractivity contribution in [3.05, 3.63) is 11.8 Å². The first-order valence-electron chi connectivity index (χ1n) is 6.11. The van der Waals surface area contributed by atoms with Crippen LogP contribution in [-0.4, -0.2) is 54.5 Å². The van der Waals surface area contributed by atoms with Crippen LogP contribution in [0.3, 0.4) is 0 Å². The van der Waals surface area contributed by atoms with Crippen molar-refractivity contribution in [3.8, 4) is 0 Å². The Labute approximate surface area is 101 Å². The summed E-state index contributed by atoms with van der Waals surface area (Å²) in [5, 5.41) is 11.1. The largest absolute Gasteiger partial charge is 0.424 e. The van der Waals surface area contributed by atoms with Crippen LogP contribution in [0.4, 0.5) is 0 Å². The number of morpholine rings is 1. The van der Waals surface area contributed by atoms with Gasteiger partial charge in [0.05, 0.1) is 19.3 Å². The van der Waals surface area contributed by atoms with Gasteiger partial charge in [0.1, 0.15) is 0 Å². The Morgan fingerprint density at radius 3 is 2.94 bits per heavy atom. The maximum absolute atomic E-state index is 5.64. The Bertz CT molecular complexity index is 340. The van der Waals surface area contributed by atoms with Crippen LogP contribution >= 0.6 is 0 Å². The van der Waals surface area contributed by atoms with E-state index in [9.17, 15) is 0 Å². The van der Waals surface area contributed by atoms with Crippen molar-refractivity contribution in [2.45, 2.75) is 26.0 Å². The fraction of sp³-hybridized carbons (Fsp3) is 0.818. The zero-order valence-electron chi connectivity index (χ0n) is 10.5. The van der Waals surface area contributed by atoms with Crippen LogP contribution in [-0.2, 0) is 17.7 Å². The van der Waals surface area contributed by atoms with Crippen LogP contribution in [0.25, 0.3) is 0 Å². The molecular formula is C11H20N4O2. The van der Waals surface area contributed by atoms with Crippen LogP contribution in [0.2, 0.25) is 0 Å². The van der Waals surface area contributed by atoms with Crippen molar-refractivity contribution in [1.82, 2.24) is 20.4 Å². The highest BCUT2D eigenvalue weighted by Gasteiger charge is 2.21. The summed E-state index contributed by atoms with van der Waals surface area (Å²) in [6.07, 6.45) is 1.04. The molecular weight excluding hydrogens is 220 g/mol. The van der Waals surface area contributed by atoms with Crippen molar-refractivity contribution in [2.24, 2.45) is 0 Å². The van der Waals surface area contributed by atoms with Crippen molar-refractivity contribution < 1.29 is 9.15 Å². The van der Waals surface area contributed by atoms with E-state index in [0.717, 1.165) is 39.2 Å². The number of rotatable bonds is 5. The van der Waals surface area contributed by atoms with Gasteiger partial charge in [-0.3, -0.25) is 4.90 Å². The maximum atomic E-state index is 5.64.